The highest BCUT2D eigenvalue weighted by molar-refractivity contribution is 5.96. The monoisotopic (exact) mass is 432 g/mol. The maximum absolute atomic E-state index is 13.3. The summed E-state index contributed by atoms with van der Waals surface area (Å²) in [5.41, 5.74) is 0.375. The molecule has 2 aromatic carbocycles. The fourth-order valence-electron chi connectivity index (χ4n) is 3.75. The van der Waals surface area contributed by atoms with E-state index in [0.29, 0.717) is 48.5 Å². The molecule has 0 radical (unpaired) electrons. The van der Waals surface area contributed by atoms with E-state index in [-0.39, 0.29) is 17.3 Å². The van der Waals surface area contributed by atoms with E-state index in [9.17, 15) is 22.4 Å². The van der Waals surface area contributed by atoms with Crippen molar-refractivity contribution in [3.8, 4) is 0 Å². The first-order chi connectivity index (χ1) is 14.7. The second-order valence-corrected chi connectivity index (χ2v) is 7.72. The number of likely N-dealkylation sites (tertiary alicyclic amines) is 1. The van der Waals surface area contributed by atoms with Gasteiger partial charge in [-0.3, -0.25) is 9.78 Å². The number of nitrogens with zero attached hydrogens (tertiary/aromatic N) is 3. The van der Waals surface area contributed by atoms with Crippen LogP contribution in [0, 0.1) is 18.7 Å². The first-order valence-electron chi connectivity index (χ1n) is 9.84. The fourth-order valence-corrected chi connectivity index (χ4v) is 3.75. The Morgan fingerprint density at radius 3 is 2.77 bits per heavy atom. The molecule has 1 fully saturated rings. The van der Waals surface area contributed by atoms with Gasteiger partial charge in [-0.05, 0) is 43.5 Å². The molecule has 1 aromatic heterocycles. The van der Waals surface area contributed by atoms with Crippen molar-refractivity contribution in [3.05, 3.63) is 65.1 Å². The van der Waals surface area contributed by atoms with E-state index in [1.54, 1.807) is 13.0 Å². The number of aryl methyl sites for hydroxylation is 1. The molecule has 1 aliphatic heterocycles. The standard InChI is InChI=1S/C22H20F4N4O/c1-13-2-4-17(22(24,25)26)16(8-13)21(31)30-7-6-14(12-30)10-28-20-11-27-19-9-15(23)3-5-18(19)29-20/h2-5,8-9,11,14H,6-7,10,12H2,1H3,(H,28,29). The van der Waals surface area contributed by atoms with Crippen molar-refractivity contribution >= 4 is 22.8 Å². The van der Waals surface area contributed by atoms with Crippen LogP contribution in [-0.2, 0) is 6.18 Å². The van der Waals surface area contributed by atoms with E-state index in [2.05, 4.69) is 15.3 Å². The number of aromatic nitrogens is 2. The summed E-state index contributed by atoms with van der Waals surface area (Å²) in [6.45, 7) is 2.89. The van der Waals surface area contributed by atoms with Crippen molar-refractivity contribution in [3.63, 3.8) is 0 Å². The van der Waals surface area contributed by atoms with Crippen molar-refractivity contribution < 1.29 is 22.4 Å². The number of carbonyl (C=O) groups is 1. The number of carbonyl (C=O) groups excluding carboxylic acids is 1. The second kappa shape index (κ2) is 8.13. The maximum Gasteiger partial charge on any atom is 0.417 e. The number of alkyl halides is 3. The van der Waals surface area contributed by atoms with Gasteiger partial charge < -0.3 is 10.2 Å². The second-order valence-electron chi connectivity index (χ2n) is 7.72. The molecule has 0 saturated carbocycles. The van der Waals surface area contributed by atoms with Gasteiger partial charge in [0.15, 0.2) is 0 Å². The summed E-state index contributed by atoms with van der Waals surface area (Å²) in [6, 6.07) is 7.76. The first-order valence-corrected chi connectivity index (χ1v) is 9.84. The third-order valence-corrected chi connectivity index (χ3v) is 5.36. The van der Waals surface area contributed by atoms with Gasteiger partial charge >= 0.3 is 6.18 Å². The average molecular weight is 432 g/mol. The molecular weight excluding hydrogens is 412 g/mol. The van der Waals surface area contributed by atoms with Crippen LogP contribution in [0.3, 0.4) is 0 Å². The molecule has 0 aliphatic carbocycles. The summed E-state index contributed by atoms with van der Waals surface area (Å²) < 4.78 is 53.2. The number of hydrogen-bond acceptors (Lipinski definition) is 4. The Balaban J connectivity index is 1.41. The lowest BCUT2D eigenvalue weighted by atomic mass is 10.0. The molecule has 1 N–H and O–H groups in total. The van der Waals surface area contributed by atoms with Crippen LogP contribution in [-0.4, -0.2) is 40.4 Å². The number of benzene rings is 2. The van der Waals surface area contributed by atoms with Crippen molar-refractivity contribution in [2.45, 2.75) is 19.5 Å². The van der Waals surface area contributed by atoms with Crippen LogP contribution in [0.5, 0.6) is 0 Å². The molecule has 2 heterocycles. The van der Waals surface area contributed by atoms with Gasteiger partial charge in [-0.25, -0.2) is 9.37 Å². The zero-order valence-electron chi connectivity index (χ0n) is 16.7. The summed E-state index contributed by atoms with van der Waals surface area (Å²) in [5, 5.41) is 3.15. The quantitative estimate of drug-likeness (QED) is 0.609. The van der Waals surface area contributed by atoms with Crippen molar-refractivity contribution in [1.82, 2.24) is 14.9 Å². The fraction of sp³-hybridized carbons (Fsp3) is 0.318. The SMILES string of the molecule is Cc1ccc(C(F)(F)F)c(C(=O)N2CCC(CNc3cnc4cc(F)ccc4n3)C2)c1. The van der Waals surface area contributed by atoms with Crippen LogP contribution >= 0.6 is 0 Å². The molecule has 1 atom stereocenters. The van der Waals surface area contributed by atoms with Gasteiger partial charge in [0, 0.05) is 25.7 Å². The third kappa shape index (κ3) is 4.60. The molecule has 0 bridgehead atoms. The number of amides is 1. The van der Waals surface area contributed by atoms with E-state index >= 15 is 0 Å². The number of halogens is 4. The van der Waals surface area contributed by atoms with Crippen LogP contribution in [0.2, 0.25) is 0 Å². The minimum atomic E-state index is -4.59. The minimum Gasteiger partial charge on any atom is -0.368 e. The zero-order chi connectivity index (χ0) is 22.2. The number of nitrogens with one attached hydrogen (secondary N) is 1. The lowest BCUT2D eigenvalue weighted by molar-refractivity contribution is -0.138. The number of rotatable bonds is 4. The topological polar surface area (TPSA) is 58.1 Å². The molecule has 1 amide bonds. The lowest BCUT2D eigenvalue weighted by Gasteiger charge is -2.20. The van der Waals surface area contributed by atoms with Crippen molar-refractivity contribution in [2.75, 3.05) is 25.0 Å². The predicted octanol–water partition coefficient (Wildman–Crippen LogP) is 4.67. The van der Waals surface area contributed by atoms with Crippen molar-refractivity contribution in [2.24, 2.45) is 5.92 Å². The van der Waals surface area contributed by atoms with Gasteiger partial charge in [-0.1, -0.05) is 11.6 Å². The minimum absolute atomic E-state index is 0.0637. The average Bonchev–Trinajstić information content (AvgIpc) is 3.19. The highest BCUT2D eigenvalue weighted by Gasteiger charge is 2.37. The van der Waals surface area contributed by atoms with E-state index < -0.39 is 17.6 Å². The van der Waals surface area contributed by atoms with Crippen LogP contribution in [0.4, 0.5) is 23.4 Å². The molecule has 1 saturated heterocycles. The lowest BCUT2D eigenvalue weighted by Crippen LogP contribution is -2.31. The van der Waals surface area contributed by atoms with Gasteiger partial charge in [0.1, 0.15) is 11.6 Å². The van der Waals surface area contributed by atoms with Crippen LogP contribution in [0.15, 0.2) is 42.6 Å². The smallest absolute Gasteiger partial charge is 0.368 e. The molecule has 162 valence electrons. The Kier molecular flexibility index (Phi) is 5.51. The van der Waals surface area contributed by atoms with Crippen LogP contribution in [0.25, 0.3) is 11.0 Å². The summed E-state index contributed by atoms with van der Waals surface area (Å²) in [7, 11) is 0. The van der Waals surface area contributed by atoms with Gasteiger partial charge in [0.05, 0.1) is 28.4 Å². The summed E-state index contributed by atoms with van der Waals surface area (Å²) in [5.74, 6) is -0.415. The first kappa shape index (κ1) is 21.0. The number of anilines is 1. The molecule has 1 aliphatic rings. The van der Waals surface area contributed by atoms with Crippen LogP contribution in [0.1, 0.15) is 27.9 Å². The van der Waals surface area contributed by atoms with Crippen LogP contribution < -0.4 is 5.32 Å². The Morgan fingerprint density at radius 1 is 1.19 bits per heavy atom. The summed E-state index contributed by atoms with van der Waals surface area (Å²) in [6.07, 6.45) is -2.42. The molecule has 1 unspecified atom stereocenters. The summed E-state index contributed by atoms with van der Waals surface area (Å²) >= 11 is 0. The Labute approximate surface area is 176 Å². The third-order valence-electron chi connectivity index (χ3n) is 5.36. The largest absolute Gasteiger partial charge is 0.417 e. The maximum atomic E-state index is 13.3. The molecular formula is C22H20F4N4O. The van der Waals surface area contributed by atoms with Gasteiger partial charge in [-0.15, -0.1) is 0 Å². The Hall–Kier alpha value is -3.23. The van der Waals surface area contributed by atoms with Gasteiger partial charge in [0.25, 0.3) is 5.91 Å². The highest BCUT2D eigenvalue weighted by atomic mass is 19.4. The number of fused-ring (bicyclic) bond motifs is 1. The Morgan fingerprint density at radius 2 is 2.00 bits per heavy atom. The van der Waals surface area contributed by atoms with E-state index in [1.807, 2.05) is 0 Å². The normalized spacial score (nSPS) is 16.7. The molecule has 0 spiro atoms. The molecule has 4 rings (SSSR count). The molecule has 5 nitrogen and oxygen atoms in total. The van der Waals surface area contributed by atoms with Gasteiger partial charge in [-0.2, -0.15) is 13.2 Å². The highest BCUT2D eigenvalue weighted by Crippen LogP contribution is 2.33. The number of hydrogen-bond donors (Lipinski definition) is 1. The zero-order valence-corrected chi connectivity index (χ0v) is 16.7. The van der Waals surface area contributed by atoms with E-state index in [1.165, 1.54) is 35.4 Å². The Bertz CT molecular complexity index is 1130. The predicted molar refractivity (Wildman–Crippen MR) is 108 cm³/mol. The molecule has 9 heteroatoms. The molecule has 31 heavy (non-hydrogen) atoms. The van der Waals surface area contributed by atoms with Crippen molar-refractivity contribution in [1.29, 1.82) is 0 Å². The van der Waals surface area contributed by atoms with E-state index in [4.69, 9.17) is 0 Å². The van der Waals surface area contributed by atoms with E-state index in [0.717, 1.165) is 6.07 Å². The van der Waals surface area contributed by atoms with Gasteiger partial charge in [0.2, 0.25) is 0 Å². The molecule has 3 aromatic rings. The summed E-state index contributed by atoms with van der Waals surface area (Å²) in [4.78, 5) is 22.8.